The van der Waals surface area contributed by atoms with Gasteiger partial charge in [-0.3, -0.25) is 9.79 Å². The molecule has 4 rings (SSSR count). The van der Waals surface area contributed by atoms with E-state index in [1.165, 1.54) is 11.9 Å². The van der Waals surface area contributed by atoms with Crippen molar-refractivity contribution in [1.82, 2.24) is 24.8 Å². The number of carbonyl (C=O) groups excluding carboxylic acids is 1. The summed E-state index contributed by atoms with van der Waals surface area (Å²) >= 11 is 0. The highest BCUT2D eigenvalue weighted by Crippen LogP contribution is 2.29. The molecule has 2 bridgehead atoms. The maximum absolute atomic E-state index is 12.5. The van der Waals surface area contributed by atoms with E-state index in [-0.39, 0.29) is 11.8 Å². The van der Waals surface area contributed by atoms with Gasteiger partial charge < -0.3 is 25.2 Å². The van der Waals surface area contributed by atoms with Gasteiger partial charge in [0.1, 0.15) is 17.8 Å². The number of nitrogens with one attached hydrogen (secondary N) is 2. The van der Waals surface area contributed by atoms with E-state index in [0.717, 1.165) is 38.0 Å². The lowest BCUT2D eigenvalue weighted by molar-refractivity contribution is -0.129. The van der Waals surface area contributed by atoms with Gasteiger partial charge in [0.2, 0.25) is 5.91 Å². The first kappa shape index (κ1) is 22.7. The van der Waals surface area contributed by atoms with Crippen molar-refractivity contribution in [3.05, 3.63) is 41.7 Å². The van der Waals surface area contributed by atoms with E-state index in [9.17, 15) is 9.90 Å². The molecule has 3 aromatic rings. The number of amides is 1. The highest BCUT2D eigenvalue weighted by atomic mass is 16.3. The van der Waals surface area contributed by atoms with Crippen LogP contribution in [0.25, 0.3) is 11.0 Å². The number of hydrogen-bond donors (Lipinski definition) is 3. The van der Waals surface area contributed by atoms with Gasteiger partial charge >= 0.3 is 0 Å². The molecule has 0 spiro atoms. The summed E-state index contributed by atoms with van der Waals surface area (Å²) in [5.74, 6) is 0.725. The standard InChI is InChI=1S/C24H31N7O2/c1-30-11-5-3-4-9-20(32)31(2)12-10-25-22-21-19(24(33)29-23(21)28-16-27-22)14-26-18-8-6-7-17(13-18)15-30/h6-8,13-14,16,33H,3-5,9-12,15H2,1-2H3,(H2,25,27,28,29). The van der Waals surface area contributed by atoms with Crippen LogP contribution in [0.4, 0.5) is 11.5 Å². The Morgan fingerprint density at radius 2 is 1.97 bits per heavy atom. The van der Waals surface area contributed by atoms with Gasteiger partial charge in [-0.1, -0.05) is 18.6 Å². The molecule has 1 aromatic carbocycles. The van der Waals surface area contributed by atoms with Crippen LogP contribution >= 0.6 is 0 Å². The van der Waals surface area contributed by atoms with E-state index in [1.54, 1.807) is 11.1 Å². The third-order valence-corrected chi connectivity index (χ3v) is 5.91. The summed E-state index contributed by atoms with van der Waals surface area (Å²) in [5, 5.41) is 14.4. The van der Waals surface area contributed by atoms with Gasteiger partial charge in [0.05, 0.1) is 16.6 Å². The number of anilines is 1. The Morgan fingerprint density at radius 1 is 1.09 bits per heavy atom. The van der Waals surface area contributed by atoms with Crippen LogP contribution in [0.5, 0.6) is 5.88 Å². The molecule has 3 N–H and O–H groups in total. The number of rotatable bonds is 0. The molecule has 1 aliphatic rings. The summed E-state index contributed by atoms with van der Waals surface area (Å²) < 4.78 is 0. The van der Waals surface area contributed by atoms with Gasteiger partial charge in [-0.05, 0) is 44.1 Å². The highest BCUT2D eigenvalue weighted by molar-refractivity contribution is 6.06. The fourth-order valence-corrected chi connectivity index (χ4v) is 4.05. The van der Waals surface area contributed by atoms with Gasteiger partial charge in [-0.15, -0.1) is 0 Å². The van der Waals surface area contributed by atoms with Crippen molar-refractivity contribution in [2.45, 2.75) is 32.2 Å². The first-order valence-electron chi connectivity index (χ1n) is 11.4. The van der Waals surface area contributed by atoms with Crippen molar-refractivity contribution >= 4 is 34.7 Å². The predicted molar refractivity (Wildman–Crippen MR) is 130 cm³/mol. The minimum atomic E-state index is -0.0115. The molecular formula is C24H31N7O2. The third kappa shape index (κ3) is 5.67. The number of benzene rings is 1. The Balaban J connectivity index is 1.65. The summed E-state index contributed by atoms with van der Waals surface area (Å²) in [6.07, 6.45) is 6.63. The van der Waals surface area contributed by atoms with Crippen LogP contribution in [0.3, 0.4) is 0 Å². The number of H-pyrrole nitrogens is 1. The number of nitrogens with zero attached hydrogens (tertiary/aromatic N) is 5. The van der Waals surface area contributed by atoms with Crippen LogP contribution in [0.2, 0.25) is 0 Å². The van der Waals surface area contributed by atoms with Crippen molar-refractivity contribution in [2.75, 3.05) is 39.0 Å². The second-order valence-corrected chi connectivity index (χ2v) is 8.55. The van der Waals surface area contributed by atoms with Gasteiger partial charge in [0.25, 0.3) is 0 Å². The monoisotopic (exact) mass is 449 g/mol. The molecule has 0 unspecified atom stereocenters. The van der Waals surface area contributed by atoms with E-state index >= 15 is 0 Å². The van der Waals surface area contributed by atoms with Crippen LogP contribution in [0.15, 0.2) is 35.6 Å². The van der Waals surface area contributed by atoms with Gasteiger partial charge in [-0.25, -0.2) is 9.97 Å². The van der Waals surface area contributed by atoms with Crippen molar-refractivity contribution in [2.24, 2.45) is 4.99 Å². The second-order valence-electron chi connectivity index (χ2n) is 8.55. The minimum Gasteiger partial charge on any atom is -0.494 e. The largest absolute Gasteiger partial charge is 0.494 e. The number of hydrogen-bond acceptors (Lipinski definition) is 7. The van der Waals surface area contributed by atoms with Gasteiger partial charge in [0.15, 0.2) is 5.88 Å². The fraction of sp³-hybridized carbons (Fsp3) is 0.417. The van der Waals surface area contributed by atoms with Crippen LogP contribution in [-0.4, -0.2) is 75.7 Å². The molecule has 0 saturated carbocycles. The minimum absolute atomic E-state index is 0.0115. The molecule has 1 aliphatic heterocycles. The molecule has 0 saturated heterocycles. The van der Waals surface area contributed by atoms with E-state index in [4.69, 9.17) is 0 Å². The SMILES string of the molecule is CN1CCCCCC(=O)N(C)CCNc2ncnc3[nH]c(O)c(c23)C=Nc2cccc(c2)C1. The molecular weight excluding hydrogens is 418 g/mol. The number of fused-ring (bicyclic) bond motifs is 2. The predicted octanol–water partition coefficient (Wildman–Crippen LogP) is 3.29. The van der Waals surface area contributed by atoms with Crippen LogP contribution in [0.1, 0.15) is 36.8 Å². The van der Waals surface area contributed by atoms with E-state index in [0.29, 0.717) is 41.9 Å². The van der Waals surface area contributed by atoms with Crippen LogP contribution in [0, 0.1) is 0 Å². The summed E-state index contributed by atoms with van der Waals surface area (Å²) in [6, 6.07) is 8.09. The summed E-state index contributed by atoms with van der Waals surface area (Å²) in [6.45, 7) is 2.89. The highest BCUT2D eigenvalue weighted by Gasteiger charge is 2.16. The van der Waals surface area contributed by atoms with Crippen molar-refractivity contribution in [3.8, 4) is 5.88 Å². The van der Waals surface area contributed by atoms with E-state index in [1.807, 2.05) is 19.2 Å². The molecule has 9 nitrogen and oxygen atoms in total. The Bertz CT molecular complexity index is 1140. The number of aliphatic imine (C=N–C) groups is 1. The first-order chi connectivity index (χ1) is 16.0. The van der Waals surface area contributed by atoms with Gasteiger partial charge in [-0.2, -0.15) is 0 Å². The summed E-state index contributed by atoms with van der Waals surface area (Å²) in [5.41, 5.74) is 3.03. The Morgan fingerprint density at radius 3 is 2.85 bits per heavy atom. The fourth-order valence-electron chi connectivity index (χ4n) is 4.05. The normalized spacial score (nSPS) is 17.2. The smallest absolute Gasteiger partial charge is 0.222 e. The maximum Gasteiger partial charge on any atom is 0.222 e. The molecule has 0 radical (unpaired) electrons. The Labute approximate surface area is 193 Å². The van der Waals surface area contributed by atoms with E-state index in [2.05, 4.69) is 49.3 Å². The zero-order chi connectivity index (χ0) is 23.2. The molecule has 9 heteroatoms. The Hall–Kier alpha value is -3.46. The average molecular weight is 450 g/mol. The number of aromatic amines is 1. The van der Waals surface area contributed by atoms with Crippen molar-refractivity contribution in [1.29, 1.82) is 0 Å². The first-order valence-corrected chi connectivity index (χ1v) is 11.4. The topological polar surface area (TPSA) is 110 Å². The van der Waals surface area contributed by atoms with Crippen molar-refractivity contribution < 1.29 is 9.90 Å². The molecule has 0 atom stereocenters. The number of aromatic hydroxyl groups is 1. The molecule has 1 amide bonds. The quantitative estimate of drug-likeness (QED) is 0.486. The number of likely N-dealkylation sites (N-methyl/N-ethyl adjacent to an activating group) is 1. The zero-order valence-electron chi connectivity index (χ0n) is 19.2. The lowest BCUT2D eigenvalue weighted by Crippen LogP contribution is -2.31. The molecule has 2 aromatic heterocycles. The van der Waals surface area contributed by atoms with Crippen LogP contribution < -0.4 is 5.32 Å². The lowest BCUT2D eigenvalue weighted by Gasteiger charge is -2.19. The molecule has 33 heavy (non-hydrogen) atoms. The Kier molecular flexibility index (Phi) is 7.19. The number of aromatic nitrogens is 3. The number of carbonyl (C=O) groups is 1. The summed E-state index contributed by atoms with van der Waals surface area (Å²) in [7, 11) is 3.94. The summed E-state index contributed by atoms with van der Waals surface area (Å²) in [4.78, 5) is 32.6. The molecule has 0 fully saturated rings. The molecule has 3 heterocycles. The third-order valence-electron chi connectivity index (χ3n) is 5.91. The van der Waals surface area contributed by atoms with Crippen LogP contribution in [-0.2, 0) is 11.3 Å². The van der Waals surface area contributed by atoms with E-state index < -0.39 is 0 Å². The average Bonchev–Trinajstić information content (AvgIpc) is 3.12. The van der Waals surface area contributed by atoms with Gasteiger partial charge in [0, 0.05) is 39.3 Å². The lowest BCUT2D eigenvalue weighted by atomic mass is 10.1. The second kappa shape index (κ2) is 10.4. The zero-order valence-corrected chi connectivity index (χ0v) is 19.2. The molecule has 174 valence electrons. The van der Waals surface area contributed by atoms with Crippen molar-refractivity contribution in [3.63, 3.8) is 0 Å². The maximum atomic E-state index is 12.5. The molecule has 0 aliphatic carbocycles.